The number of benzene rings is 1. The van der Waals surface area contributed by atoms with Crippen LogP contribution in [0.25, 0.3) is 0 Å². The molecule has 0 saturated heterocycles. The van der Waals surface area contributed by atoms with E-state index in [2.05, 4.69) is 10.6 Å². The van der Waals surface area contributed by atoms with Crippen molar-refractivity contribution in [2.45, 2.75) is 56.9 Å². The molecule has 0 saturated carbocycles. The van der Waals surface area contributed by atoms with E-state index in [1.807, 2.05) is 20.8 Å². The van der Waals surface area contributed by atoms with E-state index in [0.717, 1.165) is 16.3 Å². The second kappa shape index (κ2) is 7.75. The van der Waals surface area contributed by atoms with E-state index in [4.69, 9.17) is 0 Å². The molecule has 0 aliphatic carbocycles. The van der Waals surface area contributed by atoms with Crippen LogP contribution >= 0.6 is 0 Å². The Kier molecular flexibility index (Phi) is 6.08. The van der Waals surface area contributed by atoms with Gasteiger partial charge in [0.05, 0.1) is 11.4 Å². The van der Waals surface area contributed by atoms with E-state index in [9.17, 15) is 18.0 Å². The first-order valence-corrected chi connectivity index (χ1v) is 10.2. The van der Waals surface area contributed by atoms with E-state index >= 15 is 0 Å². The molecule has 2 N–H and O–H groups in total. The molecular formula is C18H27N3O4S. The normalized spacial score (nSPS) is 15.2. The summed E-state index contributed by atoms with van der Waals surface area (Å²) < 4.78 is 26.6. The summed E-state index contributed by atoms with van der Waals surface area (Å²) in [4.78, 5) is 23.9. The van der Waals surface area contributed by atoms with Gasteiger partial charge in [-0.05, 0) is 56.9 Å². The van der Waals surface area contributed by atoms with Crippen LogP contribution in [0.15, 0.2) is 23.1 Å². The molecule has 144 valence electrons. The first-order chi connectivity index (χ1) is 12.0. The Morgan fingerprint density at radius 1 is 1.31 bits per heavy atom. The summed E-state index contributed by atoms with van der Waals surface area (Å²) in [6.45, 7) is 5.48. The maximum absolute atomic E-state index is 12.8. The van der Waals surface area contributed by atoms with Crippen molar-refractivity contribution in [1.82, 2.24) is 9.62 Å². The summed E-state index contributed by atoms with van der Waals surface area (Å²) in [5.41, 5.74) is 1.06. The van der Waals surface area contributed by atoms with E-state index in [-0.39, 0.29) is 28.8 Å². The molecule has 2 rings (SSSR count). The molecule has 26 heavy (non-hydrogen) atoms. The van der Waals surface area contributed by atoms with Gasteiger partial charge in [-0.3, -0.25) is 9.59 Å². The van der Waals surface area contributed by atoms with Crippen molar-refractivity contribution in [3.63, 3.8) is 0 Å². The molecule has 8 heteroatoms. The van der Waals surface area contributed by atoms with Crippen LogP contribution in [0.2, 0.25) is 0 Å². The number of likely N-dealkylation sites (N-methyl/N-ethyl adjacent to an activating group) is 1. The van der Waals surface area contributed by atoms with Gasteiger partial charge in [0.25, 0.3) is 0 Å². The molecule has 1 aliphatic rings. The van der Waals surface area contributed by atoms with Gasteiger partial charge in [-0.15, -0.1) is 0 Å². The molecule has 1 aliphatic heterocycles. The fraction of sp³-hybridized carbons (Fsp3) is 0.556. The standard InChI is InChI=1S/C18H27N3O4S/c1-5-18(2,3)20-17(23)12-21(4)26(24,25)14-9-10-15-13(11-14)7-6-8-16(22)19-15/h9-11H,5-8,12H2,1-4H3,(H,19,22)(H,20,23). The average Bonchev–Trinajstić information content (AvgIpc) is 2.73. The molecule has 0 spiro atoms. The topological polar surface area (TPSA) is 95.6 Å². The summed E-state index contributed by atoms with van der Waals surface area (Å²) in [6.07, 6.45) is 2.47. The zero-order valence-electron chi connectivity index (χ0n) is 15.8. The van der Waals surface area contributed by atoms with Crippen LogP contribution in [0, 0.1) is 0 Å². The van der Waals surface area contributed by atoms with Crippen LogP contribution in [0.5, 0.6) is 0 Å². The minimum Gasteiger partial charge on any atom is -0.350 e. The number of carbonyl (C=O) groups is 2. The summed E-state index contributed by atoms with van der Waals surface area (Å²) in [6, 6.07) is 4.66. The van der Waals surface area contributed by atoms with Crippen molar-refractivity contribution in [2.75, 3.05) is 18.9 Å². The Morgan fingerprint density at radius 2 is 2.00 bits per heavy atom. The second-order valence-corrected chi connectivity index (χ2v) is 9.31. The molecule has 0 bridgehead atoms. The Bertz CT molecular complexity index is 803. The van der Waals surface area contributed by atoms with Crippen molar-refractivity contribution >= 4 is 27.5 Å². The van der Waals surface area contributed by atoms with E-state index in [1.54, 1.807) is 12.1 Å². The lowest BCUT2D eigenvalue weighted by molar-refractivity contribution is -0.122. The van der Waals surface area contributed by atoms with Gasteiger partial charge in [0.1, 0.15) is 0 Å². The van der Waals surface area contributed by atoms with Crippen molar-refractivity contribution in [1.29, 1.82) is 0 Å². The molecule has 7 nitrogen and oxygen atoms in total. The highest BCUT2D eigenvalue weighted by atomic mass is 32.2. The number of anilines is 1. The molecule has 0 unspecified atom stereocenters. The Hall–Kier alpha value is -1.93. The highest BCUT2D eigenvalue weighted by Gasteiger charge is 2.26. The Labute approximate surface area is 155 Å². The van der Waals surface area contributed by atoms with Gasteiger partial charge in [0.15, 0.2) is 0 Å². The molecule has 0 aromatic heterocycles. The first-order valence-electron chi connectivity index (χ1n) is 8.75. The Balaban J connectivity index is 2.18. The number of sulfonamides is 1. The summed E-state index contributed by atoms with van der Waals surface area (Å²) >= 11 is 0. The van der Waals surface area contributed by atoms with Gasteiger partial charge in [-0.1, -0.05) is 6.92 Å². The monoisotopic (exact) mass is 381 g/mol. The molecule has 1 aromatic rings. The van der Waals surface area contributed by atoms with Gasteiger partial charge in [-0.2, -0.15) is 4.31 Å². The number of carbonyl (C=O) groups excluding carboxylic acids is 2. The van der Waals surface area contributed by atoms with Gasteiger partial charge < -0.3 is 10.6 Å². The fourth-order valence-electron chi connectivity index (χ4n) is 2.68. The first kappa shape index (κ1) is 20.4. The van der Waals surface area contributed by atoms with Crippen LogP contribution < -0.4 is 10.6 Å². The zero-order chi connectivity index (χ0) is 19.5. The van der Waals surface area contributed by atoms with Crippen molar-refractivity contribution in [3.05, 3.63) is 23.8 Å². The van der Waals surface area contributed by atoms with Crippen molar-refractivity contribution in [2.24, 2.45) is 0 Å². The minimum atomic E-state index is -3.80. The van der Waals surface area contributed by atoms with Gasteiger partial charge >= 0.3 is 0 Å². The third kappa shape index (κ3) is 4.82. The highest BCUT2D eigenvalue weighted by Crippen LogP contribution is 2.26. The third-order valence-electron chi connectivity index (χ3n) is 4.64. The van der Waals surface area contributed by atoms with Crippen LogP contribution in [0.3, 0.4) is 0 Å². The summed E-state index contributed by atoms with van der Waals surface area (Å²) in [5, 5.41) is 5.61. The van der Waals surface area contributed by atoms with Gasteiger partial charge in [0, 0.05) is 24.7 Å². The third-order valence-corrected chi connectivity index (χ3v) is 6.44. The van der Waals surface area contributed by atoms with Crippen LogP contribution in [-0.2, 0) is 26.0 Å². The van der Waals surface area contributed by atoms with Gasteiger partial charge in [0.2, 0.25) is 21.8 Å². The fourth-order valence-corrected chi connectivity index (χ4v) is 3.86. The lowest BCUT2D eigenvalue weighted by Crippen LogP contribution is -2.47. The summed E-state index contributed by atoms with van der Waals surface area (Å²) in [7, 11) is -2.41. The number of nitrogens with zero attached hydrogens (tertiary/aromatic N) is 1. The van der Waals surface area contributed by atoms with Crippen LogP contribution in [0.1, 0.15) is 45.6 Å². The predicted molar refractivity (Wildman–Crippen MR) is 100 cm³/mol. The lowest BCUT2D eigenvalue weighted by Gasteiger charge is -2.26. The lowest BCUT2D eigenvalue weighted by atomic mass is 10.0. The second-order valence-electron chi connectivity index (χ2n) is 7.27. The van der Waals surface area contributed by atoms with Crippen LogP contribution in [-0.4, -0.2) is 43.7 Å². The van der Waals surface area contributed by atoms with E-state index < -0.39 is 10.0 Å². The molecule has 1 aromatic carbocycles. The SMILES string of the molecule is CCC(C)(C)NC(=O)CN(C)S(=O)(=O)c1ccc2c(c1)CCCC(=O)N2. The quantitative estimate of drug-likeness (QED) is 0.786. The maximum Gasteiger partial charge on any atom is 0.243 e. The van der Waals surface area contributed by atoms with Crippen molar-refractivity contribution in [3.8, 4) is 0 Å². The molecule has 1 heterocycles. The molecule has 0 radical (unpaired) electrons. The number of rotatable bonds is 6. The van der Waals surface area contributed by atoms with E-state index in [0.29, 0.717) is 24.9 Å². The predicted octanol–water partition coefficient (Wildman–Crippen LogP) is 1.89. The zero-order valence-corrected chi connectivity index (χ0v) is 16.6. The number of fused-ring (bicyclic) bond motifs is 1. The number of aryl methyl sites for hydroxylation is 1. The Morgan fingerprint density at radius 3 is 2.65 bits per heavy atom. The number of amides is 2. The van der Waals surface area contributed by atoms with Crippen molar-refractivity contribution < 1.29 is 18.0 Å². The largest absolute Gasteiger partial charge is 0.350 e. The molecule has 2 amide bonds. The molecule has 0 atom stereocenters. The van der Waals surface area contributed by atoms with E-state index in [1.165, 1.54) is 13.1 Å². The average molecular weight is 381 g/mol. The minimum absolute atomic E-state index is 0.0633. The molecule has 0 fully saturated rings. The summed E-state index contributed by atoms with van der Waals surface area (Å²) in [5.74, 6) is -0.406. The maximum atomic E-state index is 12.8. The number of hydrogen-bond acceptors (Lipinski definition) is 4. The number of hydrogen-bond donors (Lipinski definition) is 2. The molecular weight excluding hydrogens is 354 g/mol. The van der Waals surface area contributed by atoms with Gasteiger partial charge in [-0.25, -0.2) is 8.42 Å². The smallest absolute Gasteiger partial charge is 0.243 e. The van der Waals surface area contributed by atoms with Crippen LogP contribution in [0.4, 0.5) is 5.69 Å². The highest BCUT2D eigenvalue weighted by molar-refractivity contribution is 7.89. The number of nitrogens with one attached hydrogen (secondary N) is 2.